The smallest absolute Gasteiger partial charge is 0.229 e. The number of hydrogen-bond donors (Lipinski definition) is 4. The maximum absolute atomic E-state index is 10.3. The minimum atomic E-state index is -0.922. The highest BCUT2D eigenvalue weighted by Crippen LogP contribution is 2.38. The molecule has 1 unspecified atom stereocenters. The van der Waals surface area contributed by atoms with Gasteiger partial charge < -0.3 is 35.6 Å². The molecule has 0 bridgehead atoms. The molecule has 4 aromatic rings. The van der Waals surface area contributed by atoms with E-state index in [0.29, 0.717) is 28.9 Å². The Bertz CT molecular complexity index is 1420. The number of methoxy groups -OCH3 is 1. The number of aryl methyl sites for hydroxylation is 1. The van der Waals surface area contributed by atoms with Crippen LogP contribution in [0.1, 0.15) is 4.88 Å². The summed E-state index contributed by atoms with van der Waals surface area (Å²) in [5, 5.41) is 25.6. The van der Waals surface area contributed by atoms with Crippen molar-refractivity contribution in [2.75, 3.05) is 69.2 Å². The summed E-state index contributed by atoms with van der Waals surface area (Å²) in [6.45, 7) is 7.40. The monoisotopic (exact) mass is 537 g/mol. The van der Waals surface area contributed by atoms with Crippen LogP contribution in [0, 0.1) is 6.92 Å². The van der Waals surface area contributed by atoms with Crippen LogP contribution in [0.15, 0.2) is 43.1 Å². The highest BCUT2D eigenvalue weighted by atomic mass is 32.1. The van der Waals surface area contributed by atoms with Gasteiger partial charge in [0.05, 0.1) is 29.6 Å². The van der Waals surface area contributed by atoms with Crippen LogP contribution in [-0.2, 0) is 0 Å². The first-order chi connectivity index (χ1) is 18.2. The lowest BCUT2D eigenvalue weighted by Crippen LogP contribution is -2.29. The zero-order valence-corrected chi connectivity index (χ0v) is 23.4. The topological polar surface area (TPSA) is 116 Å². The number of likely N-dealkylation sites (N-methyl/N-ethyl adjacent to an activating group) is 2. The van der Waals surface area contributed by atoms with Crippen LogP contribution in [0.25, 0.3) is 16.0 Å². The minimum Gasteiger partial charge on any atom is -0.494 e. The molecule has 38 heavy (non-hydrogen) atoms. The molecule has 1 aromatic carbocycles. The van der Waals surface area contributed by atoms with Crippen molar-refractivity contribution in [2.24, 2.45) is 0 Å². The summed E-state index contributed by atoms with van der Waals surface area (Å²) in [6, 6.07) is 7.73. The lowest BCUT2D eigenvalue weighted by atomic mass is 10.2. The van der Waals surface area contributed by atoms with Crippen molar-refractivity contribution >= 4 is 50.4 Å². The first kappa shape index (κ1) is 27.2. The molecule has 1 atom stereocenters. The number of rotatable bonds is 12. The lowest BCUT2D eigenvalue weighted by molar-refractivity contribution is 0.253. The van der Waals surface area contributed by atoms with Crippen molar-refractivity contribution < 1.29 is 9.84 Å². The third-order valence-electron chi connectivity index (χ3n) is 5.96. The van der Waals surface area contributed by atoms with Crippen molar-refractivity contribution in [2.45, 2.75) is 13.2 Å². The Morgan fingerprint density at radius 2 is 2.00 bits per heavy atom. The van der Waals surface area contributed by atoms with Crippen molar-refractivity contribution in [3.8, 4) is 11.6 Å². The van der Waals surface area contributed by atoms with Gasteiger partial charge in [-0.15, -0.1) is 16.4 Å². The molecule has 0 aliphatic heterocycles. The number of fused-ring (bicyclic) bond motifs is 1. The largest absolute Gasteiger partial charge is 0.494 e. The number of nitrogens with one attached hydrogen (secondary N) is 3. The summed E-state index contributed by atoms with van der Waals surface area (Å²) in [7, 11) is 9.54. The van der Waals surface area contributed by atoms with E-state index in [0.717, 1.165) is 34.8 Å². The van der Waals surface area contributed by atoms with Gasteiger partial charge in [0.1, 0.15) is 16.8 Å². The Morgan fingerprint density at radius 3 is 2.68 bits per heavy atom. The molecule has 0 saturated heterocycles. The van der Waals surface area contributed by atoms with E-state index in [4.69, 9.17) is 14.8 Å². The van der Waals surface area contributed by atoms with Crippen LogP contribution < -0.4 is 25.6 Å². The number of ether oxygens (including phenoxy) is 1. The van der Waals surface area contributed by atoms with E-state index < -0.39 is 6.23 Å². The average molecular weight is 538 g/mol. The molecule has 0 aliphatic rings. The van der Waals surface area contributed by atoms with Crippen LogP contribution in [0.2, 0.25) is 0 Å². The van der Waals surface area contributed by atoms with Gasteiger partial charge in [-0.1, -0.05) is 6.58 Å². The zero-order valence-electron chi connectivity index (χ0n) is 22.6. The summed E-state index contributed by atoms with van der Waals surface area (Å²) in [5.74, 6) is 2.42. The molecule has 4 rings (SSSR count). The van der Waals surface area contributed by atoms with Crippen LogP contribution in [0.4, 0.5) is 28.8 Å². The number of anilines is 5. The molecule has 12 heteroatoms. The Labute approximate surface area is 226 Å². The average Bonchev–Trinajstić information content (AvgIpc) is 3.44. The van der Waals surface area contributed by atoms with Crippen LogP contribution in [-0.4, -0.2) is 84.4 Å². The van der Waals surface area contributed by atoms with Gasteiger partial charge >= 0.3 is 0 Å². The number of aromatic nitrogens is 4. The molecule has 0 radical (unpaired) electrons. The number of aliphatic hydroxyl groups excluding tert-OH is 1. The molecule has 0 spiro atoms. The van der Waals surface area contributed by atoms with Crippen molar-refractivity contribution in [3.63, 3.8) is 0 Å². The summed E-state index contributed by atoms with van der Waals surface area (Å²) in [5.41, 5.74) is 2.22. The maximum atomic E-state index is 10.3. The van der Waals surface area contributed by atoms with Gasteiger partial charge in [-0.3, -0.25) is 0 Å². The number of aliphatic hydroxyl groups is 1. The standard InChI is InChI=1S/C26H35N9O2S/c1-8-23(36)29-18-14-19(21(37-7)15-20(18)34(6)12-11-33(4)5)30-26-28-10-9-22(31-26)35-25-17(13-16(2)38-25)24(27-3)32-35/h8-10,13-15,23,29,36H,1,11-12H2,2-7H3,(H,27,32)(H,28,30,31). The second-order valence-corrected chi connectivity index (χ2v) is 10.3. The summed E-state index contributed by atoms with van der Waals surface area (Å²) in [6.07, 6.45) is 2.20. The van der Waals surface area contributed by atoms with E-state index in [1.807, 2.05) is 51.1 Å². The van der Waals surface area contributed by atoms with Crippen LogP contribution in [0.5, 0.6) is 5.75 Å². The molecule has 0 aliphatic carbocycles. The normalized spacial score (nSPS) is 12.0. The molecule has 3 heterocycles. The second kappa shape index (κ2) is 11.7. The van der Waals surface area contributed by atoms with Gasteiger partial charge in [-0.2, -0.15) is 4.98 Å². The molecule has 11 nitrogen and oxygen atoms in total. The summed E-state index contributed by atoms with van der Waals surface area (Å²) < 4.78 is 7.54. The highest BCUT2D eigenvalue weighted by Gasteiger charge is 2.18. The van der Waals surface area contributed by atoms with Crippen molar-refractivity contribution in [1.29, 1.82) is 0 Å². The number of benzene rings is 1. The summed E-state index contributed by atoms with van der Waals surface area (Å²) in [4.78, 5) is 15.6. The number of nitrogens with zero attached hydrogens (tertiary/aromatic N) is 6. The second-order valence-electron chi connectivity index (χ2n) is 9.07. The van der Waals surface area contributed by atoms with E-state index in [1.54, 1.807) is 24.6 Å². The number of thiophene rings is 1. The molecular weight excluding hydrogens is 502 g/mol. The molecule has 4 N–H and O–H groups in total. The van der Waals surface area contributed by atoms with Gasteiger partial charge in [0.15, 0.2) is 11.6 Å². The zero-order chi connectivity index (χ0) is 27.4. The minimum absolute atomic E-state index is 0.382. The van der Waals surface area contributed by atoms with E-state index >= 15 is 0 Å². The van der Waals surface area contributed by atoms with E-state index in [1.165, 1.54) is 11.0 Å². The predicted octanol–water partition coefficient (Wildman–Crippen LogP) is 3.89. The highest BCUT2D eigenvalue weighted by molar-refractivity contribution is 7.18. The SMILES string of the molecule is C=CC(O)Nc1cc(Nc2nccc(-n3nc(NC)c4cc(C)sc43)n2)c(OC)cc1N(C)CCN(C)C. The first-order valence-electron chi connectivity index (χ1n) is 12.2. The van der Waals surface area contributed by atoms with E-state index in [9.17, 15) is 5.11 Å². The van der Waals surface area contributed by atoms with Gasteiger partial charge in [0.2, 0.25) is 5.95 Å². The fraction of sp³-hybridized carbons (Fsp3) is 0.346. The fourth-order valence-electron chi connectivity index (χ4n) is 3.97. The Morgan fingerprint density at radius 1 is 1.21 bits per heavy atom. The van der Waals surface area contributed by atoms with Crippen molar-refractivity contribution in [1.82, 2.24) is 24.6 Å². The fourth-order valence-corrected chi connectivity index (χ4v) is 4.94. The number of hydrogen-bond acceptors (Lipinski definition) is 11. The van der Waals surface area contributed by atoms with Gasteiger partial charge in [0, 0.05) is 50.4 Å². The predicted molar refractivity (Wildman–Crippen MR) is 157 cm³/mol. The molecular formula is C26H35N9O2S. The Hall–Kier alpha value is -3.87. The molecule has 3 aromatic heterocycles. The first-order valence-corrected chi connectivity index (χ1v) is 13.0. The molecule has 0 fully saturated rings. The van der Waals surface area contributed by atoms with Crippen LogP contribution in [0.3, 0.4) is 0 Å². The lowest BCUT2D eigenvalue weighted by Gasteiger charge is -2.27. The molecule has 0 amide bonds. The van der Waals surface area contributed by atoms with E-state index in [-0.39, 0.29) is 0 Å². The quantitative estimate of drug-likeness (QED) is 0.157. The third kappa shape index (κ3) is 5.82. The maximum Gasteiger partial charge on any atom is 0.229 e. The van der Waals surface area contributed by atoms with Gasteiger partial charge in [0.25, 0.3) is 0 Å². The Balaban J connectivity index is 1.70. The Kier molecular flexibility index (Phi) is 8.35. The van der Waals surface area contributed by atoms with E-state index in [2.05, 4.69) is 50.3 Å². The third-order valence-corrected chi connectivity index (χ3v) is 6.99. The van der Waals surface area contributed by atoms with Gasteiger partial charge in [-0.05, 0) is 39.2 Å². The molecule has 202 valence electrons. The van der Waals surface area contributed by atoms with Crippen molar-refractivity contribution in [3.05, 3.63) is 48.0 Å². The summed E-state index contributed by atoms with van der Waals surface area (Å²) >= 11 is 1.66. The van der Waals surface area contributed by atoms with Gasteiger partial charge in [-0.25, -0.2) is 9.67 Å². The molecule has 0 saturated carbocycles. The van der Waals surface area contributed by atoms with Crippen LogP contribution >= 0.6 is 11.3 Å².